The number of hydrogen-bond acceptors (Lipinski definition) is 3. The number of halogens is 3. The number of amides is 1. The number of ether oxygens (including phenoxy) is 1. The molecule has 4 nitrogen and oxygen atoms in total. The number of carbonyl (C=O) groups excluding carboxylic acids is 1. The Hall–Kier alpha value is -1.24. The molecule has 1 unspecified atom stereocenters. The molecule has 7 heteroatoms. The number of piperidine rings is 1. The van der Waals surface area contributed by atoms with Crippen LogP contribution in [0, 0.1) is 17.0 Å². The van der Waals surface area contributed by atoms with Gasteiger partial charge in [0.2, 0.25) is 5.91 Å². The maximum Gasteiger partial charge on any atom is 0.229 e. The van der Waals surface area contributed by atoms with Gasteiger partial charge in [-0.1, -0.05) is 6.07 Å². The Morgan fingerprint density at radius 3 is 2.43 bits per heavy atom. The van der Waals surface area contributed by atoms with E-state index in [1.807, 2.05) is 0 Å². The van der Waals surface area contributed by atoms with Crippen LogP contribution in [-0.4, -0.2) is 32.7 Å². The van der Waals surface area contributed by atoms with Crippen LogP contribution in [0.5, 0.6) is 0 Å². The predicted molar refractivity (Wildman–Crippen MR) is 86.6 cm³/mol. The number of hydrogen-bond donors (Lipinski definition) is 2. The molecule has 0 saturated carbocycles. The van der Waals surface area contributed by atoms with E-state index in [9.17, 15) is 13.6 Å². The summed E-state index contributed by atoms with van der Waals surface area (Å²) in [6.07, 6.45) is 1.28. The summed E-state index contributed by atoms with van der Waals surface area (Å²) in [5.41, 5.74) is -0.756. The van der Waals surface area contributed by atoms with Gasteiger partial charge in [0.05, 0.1) is 18.1 Å². The first kappa shape index (κ1) is 19.8. The SMILES string of the molecule is COCC1(C(=O)NC(C)c2c(F)cccc2F)CCNCC1.Cl. The van der Waals surface area contributed by atoms with Crippen LogP contribution in [0.25, 0.3) is 0 Å². The molecule has 0 bridgehead atoms. The molecule has 0 aliphatic carbocycles. The highest BCUT2D eigenvalue weighted by Gasteiger charge is 2.40. The van der Waals surface area contributed by atoms with Gasteiger partial charge in [-0.05, 0) is 45.0 Å². The lowest BCUT2D eigenvalue weighted by Crippen LogP contribution is -2.50. The van der Waals surface area contributed by atoms with Crippen molar-refractivity contribution in [2.24, 2.45) is 5.41 Å². The first-order valence-electron chi connectivity index (χ1n) is 7.45. The second-order valence-corrected chi connectivity index (χ2v) is 5.79. The zero-order chi connectivity index (χ0) is 16.2. The highest BCUT2D eigenvalue weighted by Crippen LogP contribution is 2.31. The van der Waals surface area contributed by atoms with Gasteiger partial charge in [-0.2, -0.15) is 0 Å². The second kappa shape index (κ2) is 8.57. The van der Waals surface area contributed by atoms with Crippen LogP contribution < -0.4 is 10.6 Å². The fraction of sp³-hybridized carbons (Fsp3) is 0.562. The monoisotopic (exact) mass is 348 g/mol. The molecular weight excluding hydrogens is 326 g/mol. The Bertz CT molecular complexity index is 511. The largest absolute Gasteiger partial charge is 0.384 e. The van der Waals surface area contributed by atoms with E-state index < -0.39 is 23.1 Å². The molecule has 0 radical (unpaired) electrons. The number of benzene rings is 1. The Morgan fingerprint density at radius 1 is 1.35 bits per heavy atom. The quantitative estimate of drug-likeness (QED) is 0.860. The van der Waals surface area contributed by atoms with Crippen molar-refractivity contribution < 1.29 is 18.3 Å². The van der Waals surface area contributed by atoms with Gasteiger partial charge < -0.3 is 15.4 Å². The summed E-state index contributed by atoms with van der Waals surface area (Å²) in [5.74, 6) is -1.52. The second-order valence-electron chi connectivity index (χ2n) is 5.79. The molecule has 1 atom stereocenters. The molecule has 1 fully saturated rings. The van der Waals surface area contributed by atoms with Gasteiger partial charge in [-0.25, -0.2) is 8.78 Å². The van der Waals surface area contributed by atoms with Crippen LogP contribution in [0.1, 0.15) is 31.4 Å². The van der Waals surface area contributed by atoms with Crippen molar-refractivity contribution in [3.05, 3.63) is 35.4 Å². The van der Waals surface area contributed by atoms with Crippen LogP contribution >= 0.6 is 12.4 Å². The summed E-state index contributed by atoms with van der Waals surface area (Å²) >= 11 is 0. The summed E-state index contributed by atoms with van der Waals surface area (Å²) < 4.78 is 32.8. The standard InChI is InChI=1S/C16H22F2N2O2.ClH/c1-11(14-12(17)4-3-5-13(14)18)20-15(21)16(10-22-2)6-8-19-9-7-16;/h3-5,11,19H,6-10H2,1-2H3,(H,20,21);1H. The van der Waals surface area contributed by atoms with E-state index in [0.29, 0.717) is 19.4 Å². The lowest BCUT2D eigenvalue weighted by Gasteiger charge is -2.36. The Kier molecular flexibility index (Phi) is 7.38. The zero-order valence-corrected chi connectivity index (χ0v) is 14.1. The van der Waals surface area contributed by atoms with E-state index >= 15 is 0 Å². The van der Waals surface area contributed by atoms with Gasteiger partial charge in [0.25, 0.3) is 0 Å². The minimum atomic E-state index is -0.739. The molecule has 2 rings (SSSR count). The molecule has 1 heterocycles. The number of nitrogens with one attached hydrogen (secondary N) is 2. The molecule has 1 amide bonds. The van der Waals surface area contributed by atoms with Gasteiger partial charge >= 0.3 is 0 Å². The molecular formula is C16H23ClF2N2O2. The van der Waals surface area contributed by atoms with Crippen LogP contribution in [0.2, 0.25) is 0 Å². The predicted octanol–water partition coefficient (Wildman–Crippen LogP) is 2.58. The van der Waals surface area contributed by atoms with Gasteiger partial charge in [0.15, 0.2) is 0 Å². The van der Waals surface area contributed by atoms with Crippen molar-refractivity contribution in [3.63, 3.8) is 0 Å². The van der Waals surface area contributed by atoms with Crippen molar-refractivity contribution in [1.82, 2.24) is 10.6 Å². The first-order chi connectivity index (χ1) is 10.5. The summed E-state index contributed by atoms with van der Waals surface area (Å²) in [6.45, 7) is 3.33. The Labute approximate surface area is 141 Å². The molecule has 0 aromatic heterocycles. The maximum absolute atomic E-state index is 13.8. The van der Waals surface area contributed by atoms with Crippen molar-refractivity contribution in [2.45, 2.75) is 25.8 Å². The van der Waals surface area contributed by atoms with Crippen molar-refractivity contribution >= 4 is 18.3 Å². The average Bonchev–Trinajstić information content (AvgIpc) is 2.48. The van der Waals surface area contributed by atoms with E-state index in [1.165, 1.54) is 18.2 Å². The van der Waals surface area contributed by atoms with Crippen molar-refractivity contribution in [1.29, 1.82) is 0 Å². The highest BCUT2D eigenvalue weighted by atomic mass is 35.5. The summed E-state index contributed by atoms with van der Waals surface area (Å²) in [7, 11) is 1.55. The molecule has 23 heavy (non-hydrogen) atoms. The minimum absolute atomic E-state index is 0. The third kappa shape index (κ3) is 4.40. The van der Waals surface area contributed by atoms with Gasteiger partial charge in [0.1, 0.15) is 11.6 Å². The first-order valence-corrected chi connectivity index (χ1v) is 7.45. The van der Waals surface area contributed by atoms with Crippen molar-refractivity contribution in [3.8, 4) is 0 Å². The van der Waals surface area contributed by atoms with E-state index in [4.69, 9.17) is 4.74 Å². The van der Waals surface area contributed by atoms with Crippen LogP contribution in [-0.2, 0) is 9.53 Å². The number of rotatable bonds is 5. The topological polar surface area (TPSA) is 50.4 Å². The third-order valence-corrected chi connectivity index (χ3v) is 4.24. The number of methoxy groups -OCH3 is 1. The average molecular weight is 349 g/mol. The molecule has 0 spiro atoms. The minimum Gasteiger partial charge on any atom is -0.384 e. The smallest absolute Gasteiger partial charge is 0.229 e. The summed E-state index contributed by atoms with van der Waals surface area (Å²) in [5, 5.41) is 5.95. The van der Waals surface area contributed by atoms with E-state index in [-0.39, 0.29) is 23.9 Å². The molecule has 1 aliphatic rings. The highest BCUT2D eigenvalue weighted by molar-refractivity contribution is 5.85. The summed E-state index contributed by atoms with van der Waals surface area (Å²) in [6, 6.07) is 2.95. The normalized spacial score (nSPS) is 17.9. The lowest BCUT2D eigenvalue weighted by molar-refractivity contribution is -0.136. The summed E-state index contributed by atoms with van der Waals surface area (Å²) in [4.78, 5) is 12.7. The lowest BCUT2D eigenvalue weighted by atomic mass is 9.78. The van der Waals surface area contributed by atoms with Gasteiger partial charge in [0, 0.05) is 12.7 Å². The van der Waals surface area contributed by atoms with Crippen LogP contribution in [0.3, 0.4) is 0 Å². The van der Waals surface area contributed by atoms with Gasteiger partial charge in [-0.3, -0.25) is 4.79 Å². The molecule has 1 saturated heterocycles. The fourth-order valence-electron chi connectivity index (χ4n) is 2.96. The van der Waals surface area contributed by atoms with E-state index in [0.717, 1.165) is 13.1 Å². The van der Waals surface area contributed by atoms with Crippen LogP contribution in [0.4, 0.5) is 8.78 Å². The van der Waals surface area contributed by atoms with E-state index in [1.54, 1.807) is 14.0 Å². The van der Waals surface area contributed by atoms with Gasteiger partial charge in [-0.15, -0.1) is 12.4 Å². The number of carbonyl (C=O) groups is 1. The molecule has 2 N–H and O–H groups in total. The Balaban J connectivity index is 0.00000264. The fourth-order valence-corrected chi connectivity index (χ4v) is 2.96. The van der Waals surface area contributed by atoms with Crippen molar-refractivity contribution in [2.75, 3.05) is 26.8 Å². The van der Waals surface area contributed by atoms with Crippen LogP contribution in [0.15, 0.2) is 18.2 Å². The third-order valence-electron chi connectivity index (χ3n) is 4.24. The maximum atomic E-state index is 13.8. The molecule has 1 aliphatic heterocycles. The molecule has 130 valence electrons. The van der Waals surface area contributed by atoms with E-state index in [2.05, 4.69) is 10.6 Å². The zero-order valence-electron chi connectivity index (χ0n) is 13.3. The molecule has 1 aromatic rings. The molecule has 1 aromatic carbocycles. The Morgan fingerprint density at radius 2 is 1.91 bits per heavy atom.